The largest absolute Gasteiger partial charge is 0.478 e. The Kier molecular flexibility index (Phi) is 12.5. The second-order valence-electron chi connectivity index (χ2n) is 6.77. The van der Waals surface area contributed by atoms with Crippen LogP contribution < -0.4 is 0 Å². The molecule has 0 heterocycles. The first kappa shape index (κ1) is 22.0. The minimum absolute atomic E-state index is 0.279. The van der Waals surface area contributed by atoms with Crippen LogP contribution >= 0.6 is 11.8 Å². The minimum Gasteiger partial charge on any atom is -0.478 e. The number of aromatic carboxylic acids is 1. The van der Waals surface area contributed by atoms with E-state index in [2.05, 4.69) is 6.92 Å². The highest BCUT2D eigenvalue weighted by molar-refractivity contribution is 7.99. The maximum absolute atomic E-state index is 10.8. The Morgan fingerprint density at radius 3 is 1.96 bits per heavy atom. The van der Waals surface area contributed by atoms with E-state index in [9.17, 15) is 9.90 Å². The predicted molar refractivity (Wildman–Crippen MR) is 107 cm³/mol. The molecule has 2 N–H and O–H groups in total. The Balaban J connectivity index is 1.98. The van der Waals surface area contributed by atoms with Crippen molar-refractivity contribution in [3.63, 3.8) is 0 Å². The molecule has 1 aromatic carbocycles. The van der Waals surface area contributed by atoms with Gasteiger partial charge in [0.1, 0.15) is 0 Å². The molecule has 1 unspecified atom stereocenters. The molecule has 0 saturated carbocycles. The third-order valence-corrected chi connectivity index (χ3v) is 5.59. The number of carbonyl (C=O) groups is 1. The molecule has 0 aliphatic heterocycles. The van der Waals surface area contributed by atoms with E-state index < -0.39 is 5.97 Å². The van der Waals surface area contributed by atoms with Crippen molar-refractivity contribution in [3.8, 4) is 0 Å². The van der Waals surface area contributed by atoms with Crippen molar-refractivity contribution in [2.24, 2.45) is 0 Å². The van der Waals surface area contributed by atoms with Crippen LogP contribution in [0.3, 0.4) is 0 Å². The summed E-state index contributed by atoms with van der Waals surface area (Å²) in [4.78, 5) is 11.8. The molecule has 1 atom stereocenters. The summed E-state index contributed by atoms with van der Waals surface area (Å²) >= 11 is 1.59. The number of benzene rings is 1. The summed E-state index contributed by atoms with van der Waals surface area (Å²) in [6, 6.07) is 6.83. The molecule has 1 rings (SSSR count). The van der Waals surface area contributed by atoms with Crippen LogP contribution in [0.15, 0.2) is 29.2 Å². The van der Waals surface area contributed by atoms with Gasteiger partial charge in [0.2, 0.25) is 0 Å². The Hall–Kier alpha value is -1.00. The molecule has 0 aromatic heterocycles. The SMILES string of the molecule is CCCCCCCCCCCCC(O)CSc1ccc(C(=O)O)cc1. The topological polar surface area (TPSA) is 57.5 Å². The number of hydrogen-bond acceptors (Lipinski definition) is 3. The number of carboxylic acid groups (broad SMARTS) is 1. The first-order valence-electron chi connectivity index (χ1n) is 9.77. The molecule has 0 aliphatic rings. The maximum atomic E-state index is 10.8. The summed E-state index contributed by atoms with van der Waals surface area (Å²) in [6.07, 6.45) is 13.7. The van der Waals surface area contributed by atoms with Gasteiger partial charge >= 0.3 is 5.97 Å². The van der Waals surface area contributed by atoms with Crippen molar-refractivity contribution in [2.75, 3.05) is 5.75 Å². The molecule has 0 amide bonds. The zero-order valence-electron chi connectivity index (χ0n) is 15.6. The van der Waals surface area contributed by atoms with Crippen LogP contribution in [0, 0.1) is 0 Å². The number of thioether (sulfide) groups is 1. The summed E-state index contributed by atoms with van der Waals surface area (Å²) in [7, 11) is 0. The van der Waals surface area contributed by atoms with Gasteiger partial charge in [-0.05, 0) is 30.7 Å². The van der Waals surface area contributed by atoms with Crippen molar-refractivity contribution in [1.29, 1.82) is 0 Å². The first-order chi connectivity index (χ1) is 12.1. The standard InChI is InChI=1S/C21H34O3S/c1-2-3-4-5-6-7-8-9-10-11-12-19(22)17-25-20-15-13-18(14-16-20)21(23)24/h13-16,19,22H,2-12,17H2,1H3,(H,23,24). The van der Waals surface area contributed by atoms with Crippen LogP contribution in [0.2, 0.25) is 0 Å². The van der Waals surface area contributed by atoms with E-state index in [1.165, 1.54) is 57.8 Å². The second kappa shape index (κ2) is 14.2. The van der Waals surface area contributed by atoms with Crippen molar-refractivity contribution in [1.82, 2.24) is 0 Å². The van der Waals surface area contributed by atoms with Gasteiger partial charge in [-0.1, -0.05) is 71.1 Å². The summed E-state index contributed by atoms with van der Waals surface area (Å²) in [5.41, 5.74) is 0.301. The van der Waals surface area contributed by atoms with Gasteiger partial charge < -0.3 is 10.2 Å². The Morgan fingerprint density at radius 1 is 0.920 bits per heavy atom. The predicted octanol–water partition coefficient (Wildman–Crippen LogP) is 6.15. The zero-order valence-corrected chi connectivity index (χ0v) is 16.4. The van der Waals surface area contributed by atoms with Crippen LogP contribution in [0.1, 0.15) is 87.9 Å². The fourth-order valence-corrected chi connectivity index (χ4v) is 3.72. The molecule has 4 heteroatoms. The van der Waals surface area contributed by atoms with Crippen LogP contribution in [0.5, 0.6) is 0 Å². The summed E-state index contributed by atoms with van der Waals surface area (Å²) in [5, 5.41) is 18.9. The van der Waals surface area contributed by atoms with Crippen LogP contribution in [0.25, 0.3) is 0 Å². The highest BCUT2D eigenvalue weighted by Crippen LogP contribution is 2.21. The number of hydrogen-bond donors (Lipinski definition) is 2. The van der Waals surface area contributed by atoms with E-state index >= 15 is 0 Å². The number of aliphatic hydroxyl groups is 1. The number of rotatable bonds is 15. The van der Waals surface area contributed by atoms with Gasteiger partial charge in [-0.3, -0.25) is 0 Å². The van der Waals surface area contributed by atoms with Crippen molar-refractivity contribution in [2.45, 2.75) is 88.6 Å². The lowest BCUT2D eigenvalue weighted by Crippen LogP contribution is -2.09. The molecule has 0 bridgehead atoms. The molecule has 25 heavy (non-hydrogen) atoms. The zero-order chi connectivity index (χ0) is 18.3. The number of aliphatic hydroxyl groups excluding tert-OH is 1. The lowest BCUT2D eigenvalue weighted by molar-refractivity contribution is 0.0697. The van der Waals surface area contributed by atoms with Gasteiger partial charge in [0.25, 0.3) is 0 Å². The van der Waals surface area contributed by atoms with E-state index in [0.29, 0.717) is 11.3 Å². The van der Waals surface area contributed by atoms with Gasteiger partial charge in [0, 0.05) is 10.6 Å². The van der Waals surface area contributed by atoms with E-state index in [-0.39, 0.29) is 6.10 Å². The van der Waals surface area contributed by atoms with Crippen molar-refractivity contribution >= 4 is 17.7 Å². The molecule has 142 valence electrons. The maximum Gasteiger partial charge on any atom is 0.335 e. The molecule has 3 nitrogen and oxygen atoms in total. The number of carboxylic acids is 1. The normalized spacial score (nSPS) is 12.2. The fourth-order valence-electron chi connectivity index (χ4n) is 2.84. The molecule has 0 radical (unpaired) electrons. The molecule has 1 aromatic rings. The second-order valence-corrected chi connectivity index (χ2v) is 7.86. The Labute approximate surface area is 157 Å². The Morgan fingerprint density at radius 2 is 1.44 bits per heavy atom. The van der Waals surface area contributed by atoms with Gasteiger partial charge in [-0.2, -0.15) is 0 Å². The molecule has 0 spiro atoms. The van der Waals surface area contributed by atoms with E-state index in [0.717, 1.165) is 17.7 Å². The first-order valence-corrected chi connectivity index (χ1v) is 10.8. The molecule has 0 saturated heterocycles. The monoisotopic (exact) mass is 366 g/mol. The van der Waals surface area contributed by atoms with Gasteiger partial charge in [-0.25, -0.2) is 4.79 Å². The quantitative estimate of drug-likeness (QED) is 0.289. The average molecular weight is 367 g/mol. The van der Waals surface area contributed by atoms with Crippen LogP contribution in [0.4, 0.5) is 0 Å². The molecule has 0 fully saturated rings. The molecular formula is C21H34O3S. The summed E-state index contributed by atoms with van der Waals surface area (Å²) in [6.45, 7) is 2.25. The number of unbranched alkanes of at least 4 members (excludes halogenated alkanes) is 9. The van der Waals surface area contributed by atoms with E-state index in [1.54, 1.807) is 36.0 Å². The molecular weight excluding hydrogens is 332 g/mol. The highest BCUT2D eigenvalue weighted by atomic mass is 32.2. The lowest BCUT2D eigenvalue weighted by atomic mass is 10.1. The third kappa shape index (κ3) is 11.3. The van der Waals surface area contributed by atoms with E-state index in [1.807, 2.05) is 0 Å². The van der Waals surface area contributed by atoms with Crippen LogP contribution in [-0.2, 0) is 0 Å². The van der Waals surface area contributed by atoms with Crippen molar-refractivity contribution in [3.05, 3.63) is 29.8 Å². The van der Waals surface area contributed by atoms with Crippen LogP contribution in [-0.4, -0.2) is 28.0 Å². The minimum atomic E-state index is -0.905. The van der Waals surface area contributed by atoms with Gasteiger partial charge in [0.15, 0.2) is 0 Å². The lowest BCUT2D eigenvalue weighted by Gasteiger charge is -2.10. The fraction of sp³-hybridized carbons (Fsp3) is 0.667. The Bertz CT molecular complexity index is 459. The van der Waals surface area contributed by atoms with Gasteiger partial charge in [0.05, 0.1) is 11.7 Å². The average Bonchev–Trinajstić information content (AvgIpc) is 2.62. The third-order valence-electron chi connectivity index (χ3n) is 4.43. The van der Waals surface area contributed by atoms with Gasteiger partial charge in [-0.15, -0.1) is 11.8 Å². The summed E-state index contributed by atoms with van der Waals surface area (Å²) < 4.78 is 0. The molecule has 0 aliphatic carbocycles. The summed E-state index contributed by atoms with van der Waals surface area (Å²) in [5.74, 6) is -0.235. The van der Waals surface area contributed by atoms with E-state index in [4.69, 9.17) is 5.11 Å². The smallest absolute Gasteiger partial charge is 0.335 e. The highest BCUT2D eigenvalue weighted by Gasteiger charge is 2.06. The van der Waals surface area contributed by atoms with Crippen molar-refractivity contribution < 1.29 is 15.0 Å².